The molecule has 0 aliphatic carbocycles. The van der Waals surface area contributed by atoms with Gasteiger partial charge < -0.3 is 15.4 Å². The quantitative estimate of drug-likeness (QED) is 0.633. The minimum absolute atomic E-state index is 0.369. The molecule has 0 heterocycles. The Kier molecular flexibility index (Phi) is 6.19. The van der Waals surface area contributed by atoms with Crippen molar-refractivity contribution in [1.82, 2.24) is 10.6 Å². The van der Waals surface area contributed by atoms with Gasteiger partial charge in [0.05, 0.1) is 6.61 Å². The monoisotopic (exact) mass is 263 g/mol. The van der Waals surface area contributed by atoms with E-state index in [9.17, 15) is 0 Å². The normalized spacial score (nSPS) is 11.6. The van der Waals surface area contributed by atoms with Crippen molar-refractivity contribution in [1.29, 1.82) is 0 Å². The number of hydrogen-bond donors (Lipinski definition) is 2. The van der Waals surface area contributed by atoms with Crippen LogP contribution >= 0.6 is 0 Å². The topological polar surface area (TPSA) is 45.6 Å². The fourth-order valence-electron chi connectivity index (χ4n) is 1.79. The predicted octanol–water partition coefficient (Wildman–Crippen LogP) is 2.47. The third-order valence-electron chi connectivity index (χ3n) is 2.65. The van der Waals surface area contributed by atoms with Crippen LogP contribution in [-0.2, 0) is 6.54 Å². The highest BCUT2D eigenvalue weighted by molar-refractivity contribution is 5.79. The number of ether oxygens (including phenoxy) is 1. The summed E-state index contributed by atoms with van der Waals surface area (Å²) in [6, 6.07) is 6.61. The van der Waals surface area contributed by atoms with Crippen LogP contribution in [0.4, 0.5) is 0 Å². The van der Waals surface area contributed by atoms with Crippen LogP contribution in [0.2, 0.25) is 0 Å². The van der Waals surface area contributed by atoms with E-state index in [2.05, 4.69) is 48.5 Å². The van der Waals surface area contributed by atoms with E-state index in [1.807, 2.05) is 13.0 Å². The largest absolute Gasteiger partial charge is 0.494 e. The van der Waals surface area contributed by atoms with Crippen molar-refractivity contribution < 1.29 is 4.74 Å². The Morgan fingerprint density at radius 2 is 2.11 bits per heavy atom. The Labute approximate surface area is 116 Å². The number of rotatable bonds is 5. The van der Waals surface area contributed by atoms with E-state index in [-0.39, 0.29) is 0 Å². The van der Waals surface area contributed by atoms with E-state index in [1.165, 1.54) is 5.56 Å². The summed E-state index contributed by atoms with van der Waals surface area (Å²) in [5.41, 5.74) is 2.38. The van der Waals surface area contributed by atoms with E-state index < -0.39 is 0 Å². The average molecular weight is 263 g/mol. The van der Waals surface area contributed by atoms with Crippen molar-refractivity contribution in [3.05, 3.63) is 29.3 Å². The molecule has 1 aromatic carbocycles. The van der Waals surface area contributed by atoms with E-state index in [4.69, 9.17) is 4.74 Å². The molecular formula is C15H25N3O. The molecule has 0 saturated carbocycles. The van der Waals surface area contributed by atoms with Gasteiger partial charge in [0.1, 0.15) is 5.75 Å². The Balaban J connectivity index is 2.60. The molecule has 2 N–H and O–H groups in total. The number of nitrogens with zero attached hydrogens (tertiary/aromatic N) is 1. The first kappa shape index (κ1) is 15.3. The summed E-state index contributed by atoms with van der Waals surface area (Å²) >= 11 is 0. The zero-order chi connectivity index (χ0) is 14.3. The highest BCUT2D eigenvalue weighted by atomic mass is 16.5. The second-order valence-electron chi connectivity index (χ2n) is 4.76. The van der Waals surface area contributed by atoms with Crippen LogP contribution in [0.15, 0.2) is 23.2 Å². The Morgan fingerprint density at radius 1 is 1.37 bits per heavy atom. The van der Waals surface area contributed by atoms with Gasteiger partial charge in [-0.05, 0) is 44.9 Å². The smallest absolute Gasteiger partial charge is 0.191 e. The molecule has 0 aliphatic heterocycles. The molecule has 0 amide bonds. The van der Waals surface area contributed by atoms with Gasteiger partial charge in [0.15, 0.2) is 5.96 Å². The maximum atomic E-state index is 5.53. The molecule has 4 heteroatoms. The second kappa shape index (κ2) is 7.67. The molecule has 0 atom stereocenters. The van der Waals surface area contributed by atoms with Crippen molar-refractivity contribution in [2.24, 2.45) is 4.99 Å². The van der Waals surface area contributed by atoms with Crippen molar-refractivity contribution in [2.75, 3.05) is 13.7 Å². The van der Waals surface area contributed by atoms with Crippen molar-refractivity contribution in [3.63, 3.8) is 0 Å². The Hall–Kier alpha value is -1.71. The van der Waals surface area contributed by atoms with Crippen LogP contribution in [0, 0.1) is 6.92 Å². The van der Waals surface area contributed by atoms with Crippen LogP contribution in [-0.4, -0.2) is 25.7 Å². The molecule has 0 bridgehead atoms. The number of aryl methyl sites for hydroxylation is 1. The molecule has 0 radical (unpaired) electrons. The highest BCUT2D eigenvalue weighted by Crippen LogP contribution is 2.18. The molecule has 0 saturated heterocycles. The van der Waals surface area contributed by atoms with Crippen LogP contribution in [0.25, 0.3) is 0 Å². The van der Waals surface area contributed by atoms with Gasteiger partial charge in [0.25, 0.3) is 0 Å². The number of guanidine groups is 1. The predicted molar refractivity (Wildman–Crippen MR) is 80.8 cm³/mol. The molecule has 0 unspecified atom stereocenters. The zero-order valence-corrected chi connectivity index (χ0v) is 12.6. The third-order valence-corrected chi connectivity index (χ3v) is 2.65. The van der Waals surface area contributed by atoms with Crippen LogP contribution < -0.4 is 15.4 Å². The van der Waals surface area contributed by atoms with Crippen LogP contribution in [0.3, 0.4) is 0 Å². The minimum atomic E-state index is 0.369. The minimum Gasteiger partial charge on any atom is -0.494 e. The lowest BCUT2D eigenvalue weighted by atomic mass is 10.1. The summed E-state index contributed by atoms with van der Waals surface area (Å²) in [5, 5.41) is 6.55. The van der Waals surface area contributed by atoms with Gasteiger partial charge in [0.2, 0.25) is 0 Å². The maximum Gasteiger partial charge on any atom is 0.191 e. The number of aliphatic imine (C=N–C) groups is 1. The van der Waals surface area contributed by atoms with Gasteiger partial charge in [-0.25, -0.2) is 0 Å². The summed E-state index contributed by atoms with van der Waals surface area (Å²) in [5.74, 6) is 1.78. The van der Waals surface area contributed by atoms with Crippen molar-refractivity contribution in [2.45, 2.75) is 40.3 Å². The molecule has 0 aliphatic rings. The van der Waals surface area contributed by atoms with Crippen LogP contribution in [0.5, 0.6) is 5.75 Å². The molecule has 0 aromatic heterocycles. The average Bonchev–Trinajstić information content (AvgIpc) is 2.37. The lowest BCUT2D eigenvalue weighted by molar-refractivity contribution is 0.338. The van der Waals surface area contributed by atoms with E-state index >= 15 is 0 Å². The zero-order valence-electron chi connectivity index (χ0n) is 12.6. The lowest BCUT2D eigenvalue weighted by Crippen LogP contribution is -2.40. The first-order chi connectivity index (χ1) is 9.06. The standard InChI is InChI=1S/C15H25N3O/c1-6-19-14-8-7-13(9-12(14)4)10-17-15(16-5)18-11(2)3/h7-9,11H,6,10H2,1-5H3,(H2,16,17,18). The van der Waals surface area contributed by atoms with E-state index in [0.29, 0.717) is 12.6 Å². The molecule has 1 aromatic rings. The summed E-state index contributed by atoms with van der Waals surface area (Å²) in [6.07, 6.45) is 0. The molecular weight excluding hydrogens is 238 g/mol. The van der Waals surface area contributed by atoms with Crippen molar-refractivity contribution >= 4 is 5.96 Å². The van der Waals surface area contributed by atoms with Gasteiger partial charge in [-0.3, -0.25) is 4.99 Å². The molecule has 0 fully saturated rings. The van der Waals surface area contributed by atoms with Gasteiger partial charge in [-0.2, -0.15) is 0 Å². The first-order valence-electron chi connectivity index (χ1n) is 6.76. The van der Waals surface area contributed by atoms with E-state index in [1.54, 1.807) is 7.05 Å². The van der Waals surface area contributed by atoms with Gasteiger partial charge in [-0.15, -0.1) is 0 Å². The molecule has 106 valence electrons. The summed E-state index contributed by atoms with van der Waals surface area (Å²) in [7, 11) is 1.78. The van der Waals surface area contributed by atoms with E-state index in [0.717, 1.165) is 23.8 Å². The highest BCUT2D eigenvalue weighted by Gasteiger charge is 2.03. The lowest BCUT2D eigenvalue weighted by Gasteiger charge is -2.15. The second-order valence-corrected chi connectivity index (χ2v) is 4.76. The van der Waals surface area contributed by atoms with Gasteiger partial charge in [-0.1, -0.05) is 12.1 Å². The SMILES string of the molecule is CCOc1ccc(CNC(=NC)NC(C)C)cc1C. The molecule has 1 rings (SSSR count). The van der Waals surface area contributed by atoms with Gasteiger partial charge in [0, 0.05) is 19.6 Å². The summed E-state index contributed by atoms with van der Waals surface area (Å²) < 4.78 is 5.53. The van der Waals surface area contributed by atoms with Crippen molar-refractivity contribution in [3.8, 4) is 5.75 Å². The Bertz CT molecular complexity index is 427. The maximum absolute atomic E-state index is 5.53. The van der Waals surface area contributed by atoms with Crippen LogP contribution in [0.1, 0.15) is 31.9 Å². The summed E-state index contributed by atoms with van der Waals surface area (Å²) in [4.78, 5) is 4.18. The molecule has 4 nitrogen and oxygen atoms in total. The number of benzene rings is 1. The molecule has 0 spiro atoms. The molecule has 19 heavy (non-hydrogen) atoms. The third kappa shape index (κ3) is 5.20. The Morgan fingerprint density at radius 3 is 2.63 bits per heavy atom. The number of hydrogen-bond acceptors (Lipinski definition) is 2. The number of nitrogens with one attached hydrogen (secondary N) is 2. The van der Waals surface area contributed by atoms with Gasteiger partial charge >= 0.3 is 0 Å². The fourth-order valence-corrected chi connectivity index (χ4v) is 1.79. The first-order valence-corrected chi connectivity index (χ1v) is 6.76. The summed E-state index contributed by atoms with van der Waals surface area (Å²) in [6.45, 7) is 9.69. The fraction of sp³-hybridized carbons (Fsp3) is 0.533.